The zero-order valence-corrected chi connectivity index (χ0v) is 7.19. The Bertz CT molecular complexity index is 202. The normalized spacial score (nSPS) is 62.5. The van der Waals surface area contributed by atoms with Gasteiger partial charge in [-0.15, -0.1) is 0 Å². The lowest BCUT2D eigenvalue weighted by molar-refractivity contribution is -0.0354. The number of rotatable bonds is 0. The molecule has 0 amide bonds. The molecule has 2 heteroatoms. The summed E-state index contributed by atoms with van der Waals surface area (Å²) in [6, 6.07) is 0. The lowest BCUT2D eigenvalue weighted by atomic mass is 9.70. The van der Waals surface area contributed by atoms with E-state index in [-0.39, 0.29) is 12.2 Å². The fourth-order valence-electron chi connectivity index (χ4n) is 3.86. The smallest absolute Gasteiger partial charge is 0.0597 e. The van der Waals surface area contributed by atoms with Gasteiger partial charge in [-0.05, 0) is 49.4 Å². The highest BCUT2D eigenvalue weighted by Crippen LogP contribution is 2.54. The Labute approximate surface area is 72.6 Å². The zero-order chi connectivity index (χ0) is 8.29. The summed E-state index contributed by atoms with van der Waals surface area (Å²) in [5, 5.41) is 19.7. The van der Waals surface area contributed by atoms with Crippen LogP contribution in [0, 0.1) is 23.7 Å². The second-order valence-electron chi connectivity index (χ2n) is 4.94. The minimum atomic E-state index is -0.101. The zero-order valence-electron chi connectivity index (χ0n) is 7.19. The topological polar surface area (TPSA) is 40.5 Å². The Kier molecular flexibility index (Phi) is 1.37. The molecule has 12 heavy (non-hydrogen) atoms. The van der Waals surface area contributed by atoms with Crippen molar-refractivity contribution in [2.75, 3.05) is 0 Å². The molecule has 3 bridgehead atoms. The molecule has 0 aromatic rings. The quantitative estimate of drug-likeness (QED) is 0.561. The predicted molar refractivity (Wildman–Crippen MR) is 44.4 cm³/mol. The van der Waals surface area contributed by atoms with E-state index in [9.17, 15) is 10.2 Å². The lowest BCUT2D eigenvalue weighted by Crippen LogP contribution is -2.39. The van der Waals surface area contributed by atoms with Gasteiger partial charge in [-0.1, -0.05) is 0 Å². The minimum Gasteiger partial charge on any atom is -0.393 e. The van der Waals surface area contributed by atoms with E-state index in [1.165, 1.54) is 12.8 Å². The molecular weight excluding hydrogens is 152 g/mol. The molecule has 68 valence electrons. The Morgan fingerprint density at radius 1 is 0.750 bits per heavy atom. The van der Waals surface area contributed by atoms with E-state index < -0.39 is 0 Å². The van der Waals surface area contributed by atoms with Crippen molar-refractivity contribution in [2.45, 2.75) is 37.9 Å². The third-order valence-electron chi connectivity index (χ3n) is 4.40. The highest BCUT2D eigenvalue weighted by Gasteiger charge is 2.52. The van der Waals surface area contributed by atoms with Crippen LogP contribution in [0.15, 0.2) is 0 Å². The van der Waals surface area contributed by atoms with Crippen LogP contribution in [-0.2, 0) is 0 Å². The van der Waals surface area contributed by atoms with Gasteiger partial charge in [0.25, 0.3) is 0 Å². The number of aliphatic hydroxyl groups excluding tert-OH is 2. The molecule has 3 rings (SSSR count). The molecule has 0 spiro atoms. The van der Waals surface area contributed by atoms with E-state index >= 15 is 0 Å². The van der Waals surface area contributed by atoms with Crippen molar-refractivity contribution >= 4 is 0 Å². The average Bonchev–Trinajstić information content (AvgIpc) is 2.38. The van der Waals surface area contributed by atoms with Crippen LogP contribution in [0.4, 0.5) is 0 Å². The van der Waals surface area contributed by atoms with Crippen molar-refractivity contribution < 1.29 is 10.2 Å². The Balaban J connectivity index is 1.96. The van der Waals surface area contributed by atoms with Crippen LogP contribution in [-0.4, -0.2) is 22.4 Å². The van der Waals surface area contributed by atoms with Gasteiger partial charge in [0.15, 0.2) is 0 Å². The SMILES string of the molecule is OC1[C@@H]2C[C@@H]3C[C@H]1C[C@@H]3[C@@H](O)C2. The first kappa shape index (κ1) is 7.34. The molecule has 2 nitrogen and oxygen atoms in total. The molecule has 1 unspecified atom stereocenters. The van der Waals surface area contributed by atoms with Crippen molar-refractivity contribution in [3.05, 3.63) is 0 Å². The third-order valence-corrected chi connectivity index (χ3v) is 4.40. The van der Waals surface area contributed by atoms with Crippen molar-refractivity contribution in [3.63, 3.8) is 0 Å². The van der Waals surface area contributed by atoms with E-state index in [2.05, 4.69) is 0 Å². The van der Waals surface area contributed by atoms with Crippen molar-refractivity contribution in [2.24, 2.45) is 23.7 Å². The van der Waals surface area contributed by atoms with Crippen LogP contribution in [0.3, 0.4) is 0 Å². The van der Waals surface area contributed by atoms with Crippen LogP contribution in [0.2, 0.25) is 0 Å². The Hall–Kier alpha value is -0.0800. The van der Waals surface area contributed by atoms with Gasteiger partial charge in [0.05, 0.1) is 12.2 Å². The van der Waals surface area contributed by atoms with Crippen molar-refractivity contribution in [3.8, 4) is 0 Å². The molecule has 3 fully saturated rings. The van der Waals surface area contributed by atoms with Crippen LogP contribution in [0.5, 0.6) is 0 Å². The van der Waals surface area contributed by atoms with Gasteiger partial charge in [0.1, 0.15) is 0 Å². The molecule has 0 saturated heterocycles. The van der Waals surface area contributed by atoms with Crippen LogP contribution in [0.25, 0.3) is 0 Å². The molecule has 0 radical (unpaired) electrons. The van der Waals surface area contributed by atoms with Crippen molar-refractivity contribution in [1.82, 2.24) is 0 Å². The molecule has 0 aliphatic heterocycles. The molecule has 3 aliphatic rings. The summed E-state index contributed by atoms with van der Waals surface area (Å²) in [6.45, 7) is 0. The second kappa shape index (κ2) is 2.24. The molecule has 0 aromatic carbocycles. The molecule has 6 atom stereocenters. The number of fused-ring (bicyclic) bond motifs is 2. The first-order valence-corrected chi connectivity index (χ1v) is 5.12. The molecule has 0 heterocycles. The second-order valence-corrected chi connectivity index (χ2v) is 4.94. The molecule has 3 saturated carbocycles. The lowest BCUT2D eigenvalue weighted by Gasteiger charge is -2.39. The number of hydrogen-bond acceptors (Lipinski definition) is 2. The van der Waals surface area contributed by atoms with E-state index in [1.807, 2.05) is 0 Å². The Morgan fingerprint density at radius 2 is 1.42 bits per heavy atom. The maximum atomic E-state index is 9.89. The van der Waals surface area contributed by atoms with Crippen LogP contribution >= 0.6 is 0 Å². The summed E-state index contributed by atoms with van der Waals surface area (Å²) in [5.41, 5.74) is 0. The summed E-state index contributed by atoms with van der Waals surface area (Å²) in [4.78, 5) is 0. The molecule has 0 aromatic heterocycles. The summed E-state index contributed by atoms with van der Waals surface area (Å²) >= 11 is 0. The first-order valence-electron chi connectivity index (χ1n) is 5.12. The summed E-state index contributed by atoms with van der Waals surface area (Å²) in [7, 11) is 0. The fourth-order valence-corrected chi connectivity index (χ4v) is 3.86. The number of hydrogen-bond donors (Lipinski definition) is 2. The molecule has 3 aliphatic carbocycles. The van der Waals surface area contributed by atoms with Gasteiger partial charge in [0, 0.05) is 0 Å². The minimum absolute atomic E-state index is 0.0941. The maximum absolute atomic E-state index is 9.89. The van der Waals surface area contributed by atoms with E-state index in [1.54, 1.807) is 0 Å². The number of aliphatic hydroxyl groups is 2. The highest BCUT2D eigenvalue weighted by molar-refractivity contribution is 5.02. The van der Waals surface area contributed by atoms with Crippen LogP contribution < -0.4 is 0 Å². The van der Waals surface area contributed by atoms with Gasteiger partial charge < -0.3 is 10.2 Å². The molecule has 2 N–H and O–H groups in total. The maximum Gasteiger partial charge on any atom is 0.0597 e. The summed E-state index contributed by atoms with van der Waals surface area (Å²) < 4.78 is 0. The average molecular weight is 168 g/mol. The van der Waals surface area contributed by atoms with Gasteiger partial charge >= 0.3 is 0 Å². The van der Waals surface area contributed by atoms with Crippen LogP contribution in [0.1, 0.15) is 25.7 Å². The summed E-state index contributed by atoms with van der Waals surface area (Å²) in [6.07, 6.45) is 4.11. The largest absolute Gasteiger partial charge is 0.393 e. The predicted octanol–water partition coefficient (Wildman–Crippen LogP) is 0.774. The van der Waals surface area contributed by atoms with E-state index in [0.29, 0.717) is 17.8 Å². The Morgan fingerprint density at radius 3 is 2.17 bits per heavy atom. The van der Waals surface area contributed by atoms with Gasteiger partial charge in [0.2, 0.25) is 0 Å². The van der Waals surface area contributed by atoms with Gasteiger partial charge in [-0.2, -0.15) is 0 Å². The standard InChI is InChI=1S/C10H16O2/c11-9-4-7-2-5-1-6(10(7)12)3-8(5)9/h5-12H,1-4H2/t5-,6-,7+,8-,9-,10?/m0/s1. The van der Waals surface area contributed by atoms with Gasteiger partial charge in [-0.25, -0.2) is 0 Å². The van der Waals surface area contributed by atoms with Crippen molar-refractivity contribution in [1.29, 1.82) is 0 Å². The fraction of sp³-hybridized carbons (Fsp3) is 1.00. The first-order chi connectivity index (χ1) is 5.75. The van der Waals surface area contributed by atoms with E-state index in [4.69, 9.17) is 0 Å². The van der Waals surface area contributed by atoms with Gasteiger partial charge in [-0.3, -0.25) is 0 Å². The third kappa shape index (κ3) is 0.775. The monoisotopic (exact) mass is 168 g/mol. The summed E-state index contributed by atoms with van der Waals surface area (Å²) in [5.74, 6) is 2.22. The van der Waals surface area contributed by atoms with E-state index in [0.717, 1.165) is 18.8 Å². The molecular formula is C10H16O2. The highest BCUT2D eigenvalue weighted by atomic mass is 16.3.